The molecule has 1 aliphatic heterocycles. The minimum atomic E-state index is -4.82. The summed E-state index contributed by atoms with van der Waals surface area (Å²) in [5, 5.41) is 0. The standard InChI is InChI=1S/C25H22F5N3O4S/c1-24(27)13-22(33(14-24)38(35,36)20-9-4-17(26)5-10-20)23(34)11-6-18-12-21(32-15-31-18)16-2-7-19(8-3-16)37-25(28,29)30/h2-5,7-10,12,15,22H,6,11,13-14H2,1H3/t22-,24+/m0/s1. The molecule has 0 unspecified atom stereocenters. The fraction of sp³-hybridized carbons (Fsp3) is 0.320. The summed E-state index contributed by atoms with van der Waals surface area (Å²) in [5.74, 6) is -1.54. The van der Waals surface area contributed by atoms with Gasteiger partial charge in [0.25, 0.3) is 0 Å². The Morgan fingerprint density at radius 2 is 1.76 bits per heavy atom. The van der Waals surface area contributed by atoms with Crippen LogP contribution in [-0.2, 0) is 21.2 Å². The minimum absolute atomic E-state index is 0.0908. The number of sulfonamides is 1. The summed E-state index contributed by atoms with van der Waals surface area (Å²) in [6, 6.07) is 9.41. The van der Waals surface area contributed by atoms with E-state index >= 15 is 0 Å². The molecule has 1 aromatic heterocycles. The second kappa shape index (κ2) is 10.4. The Bertz CT molecular complexity index is 1410. The highest BCUT2D eigenvalue weighted by molar-refractivity contribution is 7.89. The Labute approximate surface area is 215 Å². The summed E-state index contributed by atoms with van der Waals surface area (Å²) in [5.41, 5.74) is -0.640. The average molecular weight is 556 g/mol. The van der Waals surface area contributed by atoms with E-state index in [9.17, 15) is 35.2 Å². The second-order valence-electron chi connectivity index (χ2n) is 9.07. The van der Waals surface area contributed by atoms with Crippen LogP contribution in [0.25, 0.3) is 11.3 Å². The number of alkyl halides is 4. The van der Waals surface area contributed by atoms with Gasteiger partial charge in [-0.25, -0.2) is 27.2 Å². The highest BCUT2D eigenvalue weighted by Crippen LogP contribution is 2.36. The van der Waals surface area contributed by atoms with Gasteiger partial charge in [0.1, 0.15) is 23.6 Å². The molecule has 2 atom stereocenters. The van der Waals surface area contributed by atoms with Gasteiger partial charge >= 0.3 is 6.36 Å². The van der Waals surface area contributed by atoms with Gasteiger partial charge in [-0.2, -0.15) is 4.31 Å². The van der Waals surface area contributed by atoms with Crippen LogP contribution < -0.4 is 4.74 Å². The molecule has 0 spiro atoms. The van der Waals surface area contributed by atoms with Gasteiger partial charge < -0.3 is 4.74 Å². The van der Waals surface area contributed by atoms with Crippen LogP contribution in [0.4, 0.5) is 22.0 Å². The molecule has 13 heteroatoms. The van der Waals surface area contributed by atoms with Gasteiger partial charge in [-0.3, -0.25) is 4.79 Å². The fourth-order valence-corrected chi connectivity index (χ4v) is 5.93. The third-order valence-electron chi connectivity index (χ3n) is 5.98. The Balaban J connectivity index is 1.47. The molecule has 1 fully saturated rings. The number of halogens is 5. The molecule has 4 rings (SSSR count). The number of carbonyl (C=O) groups excluding carboxylic acids is 1. The number of Topliss-reactive ketones (excluding diaryl/α,β-unsaturated/α-hetero) is 1. The van der Waals surface area contributed by atoms with Gasteiger partial charge in [-0.15, -0.1) is 13.2 Å². The summed E-state index contributed by atoms with van der Waals surface area (Å²) in [7, 11) is -4.26. The molecule has 1 aliphatic rings. The summed E-state index contributed by atoms with van der Waals surface area (Å²) in [6.07, 6.45) is -3.97. The number of ketones is 1. The molecule has 0 saturated carbocycles. The van der Waals surface area contributed by atoms with Crippen LogP contribution in [0.1, 0.15) is 25.5 Å². The molecule has 202 valence electrons. The third kappa shape index (κ3) is 6.51. The number of aromatic nitrogens is 2. The maximum Gasteiger partial charge on any atom is 0.573 e. The van der Waals surface area contributed by atoms with E-state index in [-0.39, 0.29) is 24.2 Å². The van der Waals surface area contributed by atoms with Crippen molar-refractivity contribution in [1.82, 2.24) is 14.3 Å². The van der Waals surface area contributed by atoms with Crippen molar-refractivity contribution in [2.24, 2.45) is 0 Å². The first-order chi connectivity index (χ1) is 17.7. The van der Waals surface area contributed by atoms with E-state index in [0.717, 1.165) is 40.7 Å². The minimum Gasteiger partial charge on any atom is -0.406 e. The first-order valence-electron chi connectivity index (χ1n) is 11.4. The maximum absolute atomic E-state index is 14.9. The van der Waals surface area contributed by atoms with E-state index in [1.165, 1.54) is 25.4 Å². The van der Waals surface area contributed by atoms with Gasteiger partial charge in [0.15, 0.2) is 5.78 Å². The normalized spacial score (nSPS) is 20.4. The Kier molecular flexibility index (Phi) is 7.53. The molecule has 1 saturated heterocycles. The predicted octanol–water partition coefficient (Wildman–Crippen LogP) is 4.87. The van der Waals surface area contributed by atoms with Crippen molar-refractivity contribution in [3.8, 4) is 17.0 Å². The summed E-state index contributed by atoms with van der Waals surface area (Å²) >= 11 is 0. The van der Waals surface area contributed by atoms with Gasteiger partial charge in [0.2, 0.25) is 10.0 Å². The van der Waals surface area contributed by atoms with Gasteiger partial charge in [-0.1, -0.05) is 0 Å². The van der Waals surface area contributed by atoms with Crippen molar-refractivity contribution in [3.63, 3.8) is 0 Å². The molecule has 2 aromatic carbocycles. The zero-order valence-corrected chi connectivity index (χ0v) is 20.8. The largest absolute Gasteiger partial charge is 0.573 e. The molecular formula is C25H22F5N3O4S. The topological polar surface area (TPSA) is 89.5 Å². The number of carbonyl (C=O) groups is 1. The van der Waals surface area contributed by atoms with Crippen molar-refractivity contribution in [1.29, 1.82) is 0 Å². The lowest BCUT2D eigenvalue weighted by molar-refractivity contribution is -0.274. The quantitative estimate of drug-likeness (QED) is 0.369. The molecule has 0 aliphatic carbocycles. The average Bonchev–Trinajstić information content (AvgIpc) is 3.19. The van der Waals surface area contributed by atoms with E-state index in [1.54, 1.807) is 6.07 Å². The van der Waals surface area contributed by atoms with E-state index in [0.29, 0.717) is 17.0 Å². The molecule has 0 amide bonds. The summed E-state index contributed by atoms with van der Waals surface area (Å²) in [6.45, 7) is 0.698. The van der Waals surface area contributed by atoms with Crippen LogP contribution >= 0.6 is 0 Å². The van der Waals surface area contributed by atoms with Crippen LogP contribution in [0, 0.1) is 5.82 Å². The zero-order chi connectivity index (χ0) is 27.7. The van der Waals surface area contributed by atoms with Gasteiger partial charge in [-0.05, 0) is 67.9 Å². The van der Waals surface area contributed by atoms with E-state index in [4.69, 9.17) is 0 Å². The molecule has 2 heterocycles. The predicted molar refractivity (Wildman–Crippen MR) is 126 cm³/mol. The number of benzene rings is 2. The first-order valence-corrected chi connectivity index (χ1v) is 12.8. The van der Waals surface area contributed by atoms with E-state index in [2.05, 4.69) is 14.7 Å². The highest BCUT2D eigenvalue weighted by Gasteiger charge is 2.49. The zero-order valence-electron chi connectivity index (χ0n) is 20.0. The van der Waals surface area contributed by atoms with Gasteiger partial charge in [0, 0.05) is 30.6 Å². The van der Waals surface area contributed by atoms with Crippen molar-refractivity contribution < 1.29 is 39.9 Å². The Morgan fingerprint density at radius 1 is 1.11 bits per heavy atom. The van der Waals surface area contributed by atoms with Crippen LogP contribution in [-0.4, -0.2) is 53.1 Å². The Hall–Kier alpha value is -3.45. The number of hydrogen-bond donors (Lipinski definition) is 0. The lowest BCUT2D eigenvalue weighted by Gasteiger charge is -2.23. The second-order valence-corrected chi connectivity index (χ2v) is 11.0. The third-order valence-corrected chi connectivity index (χ3v) is 7.85. The van der Waals surface area contributed by atoms with Crippen LogP contribution in [0.15, 0.2) is 65.8 Å². The van der Waals surface area contributed by atoms with Crippen molar-refractivity contribution >= 4 is 15.8 Å². The molecule has 0 bridgehead atoms. The number of aryl methyl sites for hydroxylation is 1. The Morgan fingerprint density at radius 3 is 2.39 bits per heavy atom. The lowest BCUT2D eigenvalue weighted by atomic mass is 9.99. The van der Waals surface area contributed by atoms with E-state index < -0.39 is 52.0 Å². The highest BCUT2D eigenvalue weighted by atomic mass is 32.2. The monoisotopic (exact) mass is 555 g/mol. The van der Waals surface area contributed by atoms with Crippen molar-refractivity contribution in [2.75, 3.05) is 6.54 Å². The molecule has 7 nitrogen and oxygen atoms in total. The van der Waals surface area contributed by atoms with Crippen molar-refractivity contribution in [3.05, 3.63) is 72.4 Å². The number of hydrogen-bond acceptors (Lipinski definition) is 6. The van der Waals surface area contributed by atoms with Crippen LogP contribution in [0.3, 0.4) is 0 Å². The summed E-state index contributed by atoms with van der Waals surface area (Å²) < 4.78 is 96.2. The number of ether oxygens (including phenoxy) is 1. The molecule has 0 radical (unpaired) electrons. The molecule has 38 heavy (non-hydrogen) atoms. The van der Waals surface area contributed by atoms with Crippen molar-refractivity contribution in [2.45, 2.75) is 49.2 Å². The lowest BCUT2D eigenvalue weighted by Crippen LogP contribution is -2.41. The van der Waals surface area contributed by atoms with Crippen LogP contribution in [0.5, 0.6) is 5.75 Å². The van der Waals surface area contributed by atoms with Crippen LogP contribution in [0.2, 0.25) is 0 Å². The van der Waals surface area contributed by atoms with Gasteiger partial charge in [0.05, 0.1) is 16.6 Å². The smallest absolute Gasteiger partial charge is 0.406 e. The maximum atomic E-state index is 14.9. The molecule has 0 N–H and O–H groups in total. The SMILES string of the molecule is C[C@@]1(F)C[C@@H](C(=O)CCc2cc(-c3ccc(OC(F)(F)F)cc3)ncn2)N(S(=O)(=O)c2ccc(F)cc2)C1. The molecule has 3 aromatic rings. The first kappa shape index (κ1) is 27.6. The summed E-state index contributed by atoms with van der Waals surface area (Å²) in [4.78, 5) is 21.0. The fourth-order valence-electron chi connectivity index (χ4n) is 4.21. The van der Waals surface area contributed by atoms with E-state index in [1.807, 2.05) is 0 Å². The number of rotatable bonds is 8. The number of nitrogens with zero attached hydrogens (tertiary/aromatic N) is 3. The molecular weight excluding hydrogens is 533 g/mol.